The molecular formula is C19H21N3O2S. The van der Waals surface area contributed by atoms with E-state index in [2.05, 4.69) is 4.98 Å². The van der Waals surface area contributed by atoms with E-state index in [4.69, 9.17) is 10.1 Å². The molecule has 1 aliphatic carbocycles. The highest BCUT2D eigenvalue weighted by molar-refractivity contribution is 7.11. The molecule has 0 radical (unpaired) electrons. The fraction of sp³-hybridized carbons (Fsp3) is 0.368. The van der Waals surface area contributed by atoms with E-state index in [-0.39, 0.29) is 5.76 Å². The molecule has 0 amide bonds. The third-order valence-corrected chi connectivity index (χ3v) is 5.86. The maximum atomic E-state index is 10.4. The SMILES string of the molecule is COc1ccc(-c2csc(C3=C(O)CN(C4CCCC4)C3=N)n2)cc1. The van der Waals surface area contributed by atoms with Crippen molar-refractivity contribution in [3.05, 3.63) is 40.4 Å². The van der Waals surface area contributed by atoms with Crippen LogP contribution in [-0.2, 0) is 0 Å². The normalized spacial score (nSPS) is 18.4. The molecule has 1 aromatic carbocycles. The molecule has 0 unspecified atom stereocenters. The summed E-state index contributed by atoms with van der Waals surface area (Å²) in [6.45, 7) is 0.441. The molecule has 1 aromatic heterocycles. The van der Waals surface area contributed by atoms with Crippen LogP contribution in [-0.4, -0.2) is 40.5 Å². The number of nitrogens with zero attached hydrogens (tertiary/aromatic N) is 2. The first-order chi connectivity index (χ1) is 12.2. The van der Waals surface area contributed by atoms with Gasteiger partial charge < -0.3 is 14.7 Å². The number of aromatic nitrogens is 1. The second-order valence-corrected chi connectivity index (χ2v) is 7.36. The molecule has 25 heavy (non-hydrogen) atoms. The van der Waals surface area contributed by atoms with Crippen LogP contribution in [0.1, 0.15) is 30.7 Å². The monoisotopic (exact) mass is 355 g/mol. The van der Waals surface area contributed by atoms with E-state index in [1.807, 2.05) is 34.5 Å². The van der Waals surface area contributed by atoms with Gasteiger partial charge in [0.25, 0.3) is 0 Å². The Morgan fingerprint density at radius 1 is 1.24 bits per heavy atom. The molecule has 130 valence electrons. The van der Waals surface area contributed by atoms with Crippen LogP contribution in [0.25, 0.3) is 16.8 Å². The fourth-order valence-electron chi connectivity index (χ4n) is 3.64. The lowest BCUT2D eigenvalue weighted by molar-refractivity contribution is 0.296. The summed E-state index contributed by atoms with van der Waals surface area (Å²) in [5, 5.41) is 21.7. The zero-order valence-corrected chi connectivity index (χ0v) is 15.0. The minimum Gasteiger partial charge on any atom is -0.510 e. The van der Waals surface area contributed by atoms with Gasteiger partial charge in [0.2, 0.25) is 0 Å². The average molecular weight is 355 g/mol. The lowest BCUT2D eigenvalue weighted by Gasteiger charge is -2.25. The van der Waals surface area contributed by atoms with E-state index in [1.165, 1.54) is 24.2 Å². The summed E-state index contributed by atoms with van der Waals surface area (Å²) in [6.07, 6.45) is 4.64. The number of thiazole rings is 1. The fourth-order valence-corrected chi connectivity index (χ4v) is 4.53. The first-order valence-electron chi connectivity index (χ1n) is 8.55. The van der Waals surface area contributed by atoms with Crippen molar-refractivity contribution in [1.29, 1.82) is 5.41 Å². The van der Waals surface area contributed by atoms with Gasteiger partial charge in [-0.2, -0.15) is 0 Å². The topological polar surface area (TPSA) is 69.4 Å². The number of benzene rings is 1. The number of hydrogen-bond donors (Lipinski definition) is 2. The van der Waals surface area contributed by atoms with Crippen molar-refractivity contribution in [2.75, 3.05) is 13.7 Å². The lowest BCUT2D eigenvalue weighted by atomic mass is 10.1. The number of ether oxygens (including phenoxy) is 1. The van der Waals surface area contributed by atoms with E-state index in [9.17, 15) is 5.11 Å². The Bertz CT molecular complexity index is 819. The number of methoxy groups -OCH3 is 1. The van der Waals surface area contributed by atoms with Crippen LogP contribution < -0.4 is 4.74 Å². The third-order valence-electron chi connectivity index (χ3n) is 5.00. The van der Waals surface area contributed by atoms with Crippen LogP contribution in [0.4, 0.5) is 0 Å². The van der Waals surface area contributed by atoms with E-state index < -0.39 is 0 Å². The molecule has 1 aliphatic heterocycles. The molecule has 2 N–H and O–H groups in total. The summed E-state index contributed by atoms with van der Waals surface area (Å²) >= 11 is 1.48. The van der Waals surface area contributed by atoms with Crippen LogP contribution in [0.5, 0.6) is 5.75 Å². The zero-order chi connectivity index (χ0) is 17.4. The van der Waals surface area contributed by atoms with Crippen LogP contribution >= 0.6 is 11.3 Å². The van der Waals surface area contributed by atoms with Crippen molar-refractivity contribution in [1.82, 2.24) is 9.88 Å². The molecule has 0 saturated heterocycles. The van der Waals surface area contributed by atoms with Crippen molar-refractivity contribution in [3.63, 3.8) is 0 Å². The Morgan fingerprint density at radius 2 is 1.96 bits per heavy atom. The largest absolute Gasteiger partial charge is 0.510 e. The summed E-state index contributed by atoms with van der Waals surface area (Å²) in [6, 6.07) is 8.14. The van der Waals surface area contributed by atoms with Gasteiger partial charge in [0.15, 0.2) is 0 Å². The van der Waals surface area contributed by atoms with E-state index in [0.717, 1.165) is 29.8 Å². The van der Waals surface area contributed by atoms with Gasteiger partial charge in [-0.05, 0) is 37.1 Å². The Balaban J connectivity index is 1.58. The van der Waals surface area contributed by atoms with Crippen LogP contribution in [0.3, 0.4) is 0 Å². The maximum Gasteiger partial charge on any atom is 0.135 e. The number of hydrogen-bond acceptors (Lipinski definition) is 5. The van der Waals surface area contributed by atoms with Crippen molar-refractivity contribution in [2.45, 2.75) is 31.7 Å². The van der Waals surface area contributed by atoms with E-state index >= 15 is 0 Å². The van der Waals surface area contributed by atoms with Gasteiger partial charge in [-0.3, -0.25) is 5.41 Å². The first kappa shape index (κ1) is 16.1. The number of amidine groups is 1. The Labute approximate surface area is 151 Å². The lowest BCUT2D eigenvalue weighted by Crippen LogP contribution is -2.35. The number of rotatable bonds is 4. The quantitative estimate of drug-likeness (QED) is 0.857. The number of aliphatic hydroxyl groups excluding tert-OH is 1. The minimum atomic E-state index is 0.271. The number of nitrogens with one attached hydrogen (secondary N) is 1. The van der Waals surface area contributed by atoms with Crippen molar-refractivity contribution in [3.8, 4) is 17.0 Å². The summed E-state index contributed by atoms with van der Waals surface area (Å²) < 4.78 is 5.19. The van der Waals surface area contributed by atoms with E-state index in [1.54, 1.807) is 7.11 Å². The van der Waals surface area contributed by atoms with Gasteiger partial charge in [-0.25, -0.2) is 4.98 Å². The molecule has 5 nitrogen and oxygen atoms in total. The molecule has 1 saturated carbocycles. The number of aliphatic hydroxyl groups is 1. The standard InChI is InChI=1S/C19H21N3O2S/c1-24-14-8-6-12(7-9-14)15-11-25-19(21-15)17-16(23)10-22(18(17)20)13-4-2-3-5-13/h6-9,11,13,20,23H,2-5,10H2,1H3. The molecule has 2 heterocycles. The average Bonchev–Trinajstić information content (AvgIpc) is 3.36. The van der Waals surface area contributed by atoms with Gasteiger partial charge >= 0.3 is 0 Å². The second kappa shape index (κ2) is 6.52. The highest BCUT2D eigenvalue weighted by Crippen LogP contribution is 2.36. The predicted octanol–water partition coefficient (Wildman–Crippen LogP) is 4.32. The Hall–Kier alpha value is -2.34. The highest BCUT2D eigenvalue weighted by Gasteiger charge is 2.35. The zero-order valence-electron chi connectivity index (χ0n) is 14.2. The molecule has 0 atom stereocenters. The van der Waals surface area contributed by atoms with Crippen molar-refractivity contribution >= 4 is 22.7 Å². The van der Waals surface area contributed by atoms with Gasteiger partial charge in [0, 0.05) is 17.0 Å². The summed E-state index contributed by atoms with van der Waals surface area (Å²) in [7, 11) is 1.65. The molecule has 0 spiro atoms. The second-order valence-electron chi connectivity index (χ2n) is 6.50. The van der Waals surface area contributed by atoms with Crippen LogP contribution in [0.2, 0.25) is 0 Å². The Kier molecular flexibility index (Phi) is 4.21. The van der Waals surface area contributed by atoms with Crippen LogP contribution in [0.15, 0.2) is 35.4 Å². The molecule has 4 rings (SSSR count). The van der Waals surface area contributed by atoms with Gasteiger partial charge in [0.1, 0.15) is 22.4 Å². The molecule has 2 aromatic rings. The highest BCUT2D eigenvalue weighted by atomic mass is 32.1. The third kappa shape index (κ3) is 2.91. The van der Waals surface area contributed by atoms with Crippen molar-refractivity contribution < 1.29 is 9.84 Å². The first-order valence-corrected chi connectivity index (χ1v) is 9.43. The molecule has 6 heteroatoms. The molecule has 2 aliphatic rings. The molecule has 1 fully saturated rings. The van der Waals surface area contributed by atoms with Crippen LogP contribution in [0, 0.1) is 5.41 Å². The van der Waals surface area contributed by atoms with Gasteiger partial charge in [0.05, 0.1) is 24.9 Å². The summed E-state index contributed by atoms with van der Waals surface area (Å²) in [5.41, 5.74) is 2.45. The Morgan fingerprint density at radius 3 is 2.64 bits per heavy atom. The van der Waals surface area contributed by atoms with Crippen molar-refractivity contribution in [2.24, 2.45) is 0 Å². The summed E-state index contributed by atoms with van der Waals surface area (Å²) in [5.74, 6) is 1.50. The molecular weight excluding hydrogens is 334 g/mol. The minimum absolute atomic E-state index is 0.271. The van der Waals surface area contributed by atoms with Gasteiger partial charge in [-0.15, -0.1) is 11.3 Å². The molecule has 0 bridgehead atoms. The van der Waals surface area contributed by atoms with E-state index in [0.29, 0.717) is 29.0 Å². The smallest absolute Gasteiger partial charge is 0.135 e. The predicted molar refractivity (Wildman–Crippen MR) is 100 cm³/mol. The maximum absolute atomic E-state index is 10.4. The summed E-state index contributed by atoms with van der Waals surface area (Å²) in [4.78, 5) is 6.71. The van der Waals surface area contributed by atoms with Gasteiger partial charge in [-0.1, -0.05) is 12.8 Å².